The Morgan fingerprint density at radius 1 is 1.53 bits per heavy atom. The average Bonchev–Trinajstić information content (AvgIpc) is 2.18. The molecule has 0 aliphatic carbocycles. The smallest absolute Gasteiger partial charge is 0.224 e. The molecule has 0 fully saturated rings. The third kappa shape index (κ3) is 4.81. The van der Waals surface area contributed by atoms with Gasteiger partial charge in [0, 0.05) is 18.7 Å². The highest BCUT2D eigenvalue weighted by Gasteiger charge is 2.02. The van der Waals surface area contributed by atoms with Crippen LogP contribution < -0.4 is 5.32 Å². The van der Waals surface area contributed by atoms with Gasteiger partial charge in [-0.15, -0.1) is 0 Å². The zero-order valence-corrected chi connectivity index (χ0v) is 9.38. The number of carbonyl (C=O) groups excluding carboxylic acids is 1. The molecule has 1 N–H and O–H groups in total. The summed E-state index contributed by atoms with van der Waals surface area (Å²) < 4.78 is 4.83. The van der Waals surface area contributed by atoms with Crippen molar-refractivity contribution in [1.29, 1.82) is 0 Å². The fourth-order valence-electron chi connectivity index (χ4n) is 1.19. The molecule has 0 aromatic heterocycles. The van der Waals surface area contributed by atoms with Crippen LogP contribution in [0.15, 0.2) is 24.3 Å². The van der Waals surface area contributed by atoms with E-state index in [0.29, 0.717) is 24.6 Å². The van der Waals surface area contributed by atoms with Crippen molar-refractivity contribution in [3.8, 4) is 0 Å². The molecule has 15 heavy (non-hydrogen) atoms. The number of benzene rings is 1. The molecule has 0 spiro atoms. The average molecular weight is 228 g/mol. The lowest BCUT2D eigenvalue weighted by Gasteiger charge is -2.04. The lowest BCUT2D eigenvalue weighted by Crippen LogP contribution is -2.28. The van der Waals surface area contributed by atoms with E-state index in [2.05, 4.69) is 5.32 Å². The van der Waals surface area contributed by atoms with Crippen LogP contribution in [-0.4, -0.2) is 26.2 Å². The van der Waals surface area contributed by atoms with Crippen LogP contribution in [-0.2, 0) is 16.0 Å². The van der Waals surface area contributed by atoms with Crippen LogP contribution in [0.1, 0.15) is 5.56 Å². The van der Waals surface area contributed by atoms with Gasteiger partial charge >= 0.3 is 0 Å². The van der Waals surface area contributed by atoms with Crippen LogP contribution in [0.4, 0.5) is 0 Å². The van der Waals surface area contributed by atoms with E-state index in [9.17, 15) is 4.79 Å². The lowest BCUT2D eigenvalue weighted by molar-refractivity contribution is -0.120. The zero-order valence-electron chi connectivity index (χ0n) is 8.63. The quantitative estimate of drug-likeness (QED) is 0.777. The zero-order chi connectivity index (χ0) is 11.1. The van der Waals surface area contributed by atoms with Crippen LogP contribution in [0, 0.1) is 0 Å². The molecule has 4 heteroatoms. The second-order valence-electron chi connectivity index (χ2n) is 3.15. The topological polar surface area (TPSA) is 38.3 Å². The normalized spacial score (nSPS) is 10.0. The van der Waals surface area contributed by atoms with Crippen molar-refractivity contribution in [3.63, 3.8) is 0 Å². The number of carbonyl (C=O) groups is 1. The van der Waals surface area contributed by atoms with Crippen LogP contribution in [0.2, 0.25) is 5.02 Å². The second-order valence-corrected chi connectivity index (χ2v) is 3.59. The summed E-state index contributed by atoms with van der Waals surface area (Å²) in [5.74, 6) is -0.0192. The summed E-state index contributed by atoms with van der Waals surface area (Å²) in [7, 11) is 1.60. The Morgan fingerprint density at radius 3 is 3.00 bits per heavy atom. The predicted octanol–water partition coefficient (Wildman–Crippen LogP) is 1.65. The summed E-state index contributed by atoms with van der Waals surface area (Å²) in [6.07, 6.45) is 0.351. The highest BCUT2D eigenvalue weighted by atomic mass is 35.5. The van der Waals surface area contributed by atoms with Gasteiger partial charge in [0.25, 0.3) is 0 Å². The van der Waals surface area contributed by atoms with E-state index in [-0.39, 0.29) is 5.91 Å². The maximum absolute atomic E-state index is 11.4. The van der Waals surface area contributed by atoms with Crippen molar-refractivity contribution >= 4 is 17.5 Å². The van der Waals surface area contributed by atoms with E-state index in [1.54, 1.807) is 19.2 Å². The number of halogens is 1. The Labute approximate surface area is 94.4 Å². The SMILES string of the molecule is COCCNC(=O)Cc1cccc(Cl)c1. The first-order chi connectivity index (χ1) is 7.22. The van der Waals surface area contributed by atoms with E-state index < -0.39 is 0 Å². The Morgan fingerprint density at radius 2 is 2.33 bits per heavy atom. The molecule has 0 unspecified atom stereocenters. The van der Waals surface area contributed by atoms with Crippen molar-refractivity contribution in [2.45, 2.75) is 6.42 Å². The van der Waals surface area contributed by atoms with Gasteiger partial charge in [0.15, 0.2) is 0 Å². The molecule has 0 saturated carbocycles. The van der Waals surface area contributed by atoms with E-state index >= 15 is 0 Å². The van der Waals surface area contributed by atoms with E-state index in [1.807, 2.05) is 12.1 Å². The van der Waals surface area contributed by atoms with E-state index in [1.165, 1.54) is 0 Å². The van der Waals surface area contributed by atoms with Crippen molar-refractivity contribution in [2.75, 3.05) is 20.3 Å². The standard InChI is InChI=1S/C11H14ClNO2/c1-15-6-5-13-11(14)8-9-3-2-4-10(12)7-9/h2-4,7H,5-6,8H2,1H3,(H,13,14). The molecule has 0 aliphatic heterocycles. The van der Waals surface area contributed by atoms with Crippen molar-refractivity contribution < 1.29 is 9.53 Å². The molecule has 1 rings (SSSR count). The molecule has 82 valence electrons. The van der Waals surface area contributed by atoms with Gasteiger partial charge in [-0.2, -0.15) is 0 Å². The fraction of sp³-hybridized carbons (Fsp3) is 0.364. The first kappa shape index (κ1) is 12.0. The minimum Gasteiger partial charge on any atom is -0.383 e. The third-order valence-corrected chi connectivity index (χ3v) is 2.12. The number of rotatable bonds is 5. The summed E-state index contributed by atoms with van der Waals surface area (Å²) in [6, 6.07) is 7.28. The Bertz CT molecular complexity index is 328. The van der Waals surface area contributed by atoms with Gasteiger partial charge in [0.1, 0.15) is 0 Å². The first-order valence-corrected chi connectivity index (χ1v) is 5.10. The Kier molecular flexibility index (Phi) is 5.15. The number of methoxy groups -OCH3 is 1. The summed E-state index contributed by atoms with van der Waals surface area (Å²) in [4.78, 5) is 11.4. The van der Waals surface area contributed by atoms with Crippen LogP contribution in [0.25, 0.3) is 0 Å². The number of nitrogens with one attached hydrogen (secondary N) is 1. The van der Waals surface area contributed by atoms with Gasteiger partial charge in [-0.3, -0.25) is 4.79 Å². The summed E-state index contributed by atoms with van der Waals surface area (Å²) >= 11 is 5.80. The fourth-order valence-corrected chi connectivity index (χ4v) is 1.40. The Hall–Kier alpha value is -1.06. The van der Waals surface area contributed by atoms with Crippen LogP contribution in [0.3, 0.4) is 0 Å². The molecule has 1 amide bonds. The van der Waals surface area contributed by atoms with Crippen LogP contribution in [0.5, 0.6) is 0 Å². The van der Waals surface area contributed by atoms with Gasteiger partial charge in [-0.05, 0) is 17.7 Å². The van der Waals surface area contributed by atoms with Gasteiger partial charge < -0.3 is 10.1 Å². The summed E-state index contributed by atoms with van der Waals surface area (Å²) in [5, 5.41) is 3.39. The first-order valence-electron chi connectivity index (χ1n) is 4.72. The van der Waals surface area contributed by atoms with Crippen molar-refractivity contribution in [1.82, 2.24) is 5.32 Å². The second kappa shape index (κ2) is 6.43. The van der Waals surface area contributed by atoms with Gasteiger partial charge in [-0.1, -0.05) is 23.7 Å². The molecule has 0 bridgehead atoms. The predicted molar refractivity (Wildman–Crippen MR) is 60.0 cm³/mol. The third-order valence-electron chi connectivity index (χ3n) is 1.88. The van der Waals surface area contributed by atoms with Gasteiger partial charge in [0.05, 0.1) is 13.0 Å². The maximum atomic E-state index is 11.4. The highest BCUT2D eigenvalue weighted by molar-refractivity contribution is 6.30. The number of ether oxygens (including phenoxy) is 1. The lowest BCUT2D eigenvalue weighted by atomic mass is 10.1. The number of amides is 1. The molecule has 1 aromatic rings. The van der Waals surface area contributed by atoms with E-state index in [0.717, 1.165) is 5.56 Å². The monoisotopic (exact) mass is 227 g/mol. The maximum Gasteiger partial charge on any atom is 0.224 e. The molecular formula is C11H14ClNO2. The largest absolute Gasteiger partial charge is 0.383 e. The van der Waals surface area contributed by atoms with Crippen molar-refractivity contribution in [2.24, 2.45) is 0 Å². The molecule has 0 saturated heterocycles. The molecule has 1 aromatic carbocycles. The minimum atomic E-state index is -0.0192. The summed E-state index contributed by atoms with van der Waals surface area (Å²) in [5.41, 5.74) is 0.914. The molecule has 0 aliphatic rings. The molecule has 0 atom stereocenters. The van der Waals surface area contributed by atoms with E-state index in [4.69, 9.17) is 16.3 Å². The molecule has 0 heterocycles. The summed E-state index contributed by atoms with van der Waals surface area (Å²) in [6.45, 7) is 1.07. The Balaban J connectivity index is 2.37. The van der Waals surface area contributed by atoms with Gasteiger partial charge in [0.2, 0.25) is 5.91 Å². The molecular weight excluding hydrogens is 214 g/mol. The number of hydrogen-bond donors (Lipinski definition) is 1. The van der Waals surface area contributed by atoms with Gasteiger partial charge in [-0.25, -0.2) is 0 Å². The van der Waals surface area contributed by atoms with Crippen LogP contribution >= 0.6 is 11.6 Å². The number of hydrogen-bond acceptors (Lipinski definition) is 2. The minimum absolute atomic E-state index is 0.0192. The molecule has 3 nitrogen and oxygen atoms in total. The highest BCUT2D eigenvalue weighted by Crippen LogP contribution is 2.10. The van der Waals surface area contributed by atoms with Crippen molar-refractivity contribution in [3.05, 3.63) is 34.9 Å². The molecule has 0 radical (unpaired) electrons.